The van der Waals surface area contributed by atoms with Gasteiger partial charge in [-0.15, -0.1) is 0 Å². The van der Waals surface area contributed by atoms with E-state index in [1.54, 1.807) is 19.2 Å². The summed E-state index contributed by atoms with van der Waals surface area (Å²) in [6.07, 6.45) is 3.13. The van der Waals surface area contributed by atoms with Gasteiger partial charge in [0.2, 0.25) is 0 Å². The number of pyridine rings is 1. The highest BCUT2D eigenvalue weighted by Crippen LogP contribution is 2.23. The smallest absolute Gasteiger partial charge is 0.319 e. The Hall–Kier alpha value is -2.54. The van der Waals surface area contributed by atoms with E-state index >= 15 is 0 Å². The van der Waals surface area contributed by atoms with Gasteiger partial charge in [-0.1, -0.05) is 6.07 Å². The Morgan fingerprint density at radius 1 is 1.35 bits per heavy atom. The van der Waals surface area contributed by atoms with Gasteiger partial charge >= 0.3 is 6.03 Å². The number of halogens is 2. The minimum atomic E-state index is -1.68. The normalized spacial score (nSPS) is 13.3. The highest BCUT2D eigenvalue weighted by atomic mass is 19.1. The summed E-state index contributed by atoms with van der Waals surface area (Å²) in [6.45, 7) is 2.87. The molecule has 0 saturated carbocycles. The van der Waals surface area contributed by atoms with E-state index in [0.717, 1.165) is 17.7 Å². The van der Waals surface area contributed by atoms with E-state index in [1.807, 2.05) is 0 Å². The topological polar surface area (TPSA) is 74.2 Å². The molecule has 2 amide bonds. The number of benzene rings is 1. The van der Waals surface area contributed by atoms with Gasteiger partial charge in [0.1, 0.15) is 17.2 Å². The zero-order chi connectivity index (χ0) is 17.0. The van der Waals surface area contributed by atoms with Crippen LogP contribution in [0.15, 0.2) is 36.7 Å². The first kappa shape index (κ1) is 16.8. The second-order valence-electron chi connectivity index (χ2n) is 5.40. The first-order chi connectivity index (χ1) is 10.8. The number of amides is 2. The van der Waals surface area contributed by atoms with E-state index in [2.05, 4.69) is 15.6 Å². The number of aromatic nitrogens is 1. The van der Waals surface area contributed by atoms with Crippen molar-refractivity contribution in [3.05, 3.63) is 59.4 Å². The molecule has 122 valence electrons. The van der Waals surface area contributed by atoms with Crippen LogP contribution in [-0.2, 0) is 5.60 Å². The lowest BCUT2D eigenvalue weighted by atomic mass is 9.95. The van der Waals surface area contributed by atoms with Gasteiger partial charge in [-0.3, -0.25) is 4.98 Å². The molecule has 1 aromatic carbocycles. The fourth-order valence-corrected chi connectivity index (χ4v) is 2.05. The molecule has 23 heavy (non-hydrogen) atoms. The fourth-order valence-electron chi connectivity index (χ4n) is 2.05. The Bertz CT molecular complexity index is 720. The molecule has 0 radical (unpaired) electrons. The molecular weight excluding hydrogens is 304 g/mol. The van der Waals surface area contributed by atoms with Gasteiger partial charge in [0.25, 0.3) is 0 Å². The van der Waals surface area contributed by atoms with E-state index in [-0.39, 0.29) is 12.1 Å². The fraction of sp³-hybridized carbons (Fsp3) is 0.250. The van der Waals surface area contributed by atoms with Crippen molar-refractivity contribution in [3.63, 3.8) is 0 Å². The van der Waals surface area contributed by atoms with Crippen LogP contribution in [0.2, 0.25) is 0 Å². The molecule has 0 aliphatic rings. The van der Waals surface area contributed by atoms with Crippen LogP contribution in [-0.4, -0.2) is 22.7 Å². The molecule has 0 saturated heterocycles. The molecule has 7 heteroatoms. The summed E-state index contributed by atoms with van der Waals surface area (Å²) in [5.41, 5.74) is -0.425. The standard InChI is InChI=1S/C16H17F2N3O2/c1-10-8-19-6-5-14(10)21-15(22)20-9-16(2,23)12-4-3-11(17)7-13(12)18/h3-8,23H,9H2,1-2H3,(H2,19,20,21,22). The van der Waals surface area contributed by atoms with E-state index in [0.29, 0.717) is 11.8 Å². The van der Waals surface area contributed by atoms with Crippen LogP contribution in [0.5, 0.6) is 0 Å². The van der Waals surface area contributed by atoms with Crippen molar-refractivity contribution in [2.24, 2.45) is 0 Å². The van der Waals surface area contributed by atoms with Crippen LogP contribution >= 0.6 is 0 Å². The maximum atomic E-state index is 13.7. The molecule has 0 aliphatic heterocycles. The van der Waals surface area contributed by atoms with E-state index in [9.17, 15) is 18.7 Å². The first-order valence-electron chi connectivity index (χ1n) is 6.93. The van der Waals surface area contributed by atoms with Crippen LogP contribution in [0.25, 0.3) is 0 Å². The Balaban J connectivity index is 2.01. The molecule has 1 unspecified atom stereocenters. The number of nitrogens with zero attached hydrogens (tertiary/aromatic N) is 1. The number of urea groups is 1. The van der Waals surface area contributed by atoms with Gasteiger partial charge < -0.3 is 15.7 Å². The van der Waals surface area contributed by atoms with E-state index in [4.69, 9.17) is 0 Å². The zero-order valence-corrected chi connectivity index (χ0v) is 12.7. The molecular formula is C16H17F2N3O2. The Morgan fingerprint density at radius 3 is 2.74 bits per heavy atom. The predicted octanol–water partition coefficient (Wildman–Crippen LogP) is 2.70. The second kappa shape index (κ2) is 6.70. The van der Waals surface area contributed by atoms with Crippen molar-refractivity contribution in [2.75, 3.05) is 11.9 Å². The third-order valence-corrected chi connectivity index (χ3v) is 3.37. The predicted molar refractivity (Wildman–Crippen MR) is 81.9 cm³/mol. The average Bonchev–Trinajstić information content (AvgIpc) is 2.47. The first-order valence-corrected chi connectivity index (χ1v) is 6.93. The maximum Gasteiger partial charge on any atom is 0.319 e. The van der Waals surface area contributed by atoms with Gasteiger partial charge in [0.05, 0.1) is 6.54 Å². The number of rotatable bonds is 4. The number of carbonyl (C=O) groups excluding carboxylic acids is 1. The van der Waals surface area contributed by atoms with Crippen molar-refractivity contribution < 1.29 is 18.7 Å². The zero-order valence-electron chi connectivity index (χ0n) is 12.7. The molecule has 1 aromatic heterocycles. The maximum absolute atomic E-state index is 13.7. The molecule has 2 rings (SSSR count). The third kappa shape index (κ3) is 4.23. The van der Waals surface area contributed by atoms with Crippen LogP contribution in [0.3, 0.4) is 0 Å². The van der Waals surface area contributed by atoms with Gasteiger partial charge in [0.15, 0.2) is 0 Å². The van der Waals surface area contributed by atoms with Crippen molar-refractivity contribution in [1.29, 1.82) is 0 Å². The van der Waals surface area contributed by atoms with Crippen molar-refractivity contribution in [2.45, 2.75) is 19.4 Å². The molecule has 3 N–H and O–H groups in total. The molecule has 0 bridgehead atoms. The summed E-state index contributed by atoms with van der Waals surface area (Å²) in [6, 6.07) is 3.96. The van der Waals surface area contributed by atoms with Crippen molar-refractivity contribution in [1.82, 2.24) is 10.3 Å². The Labute approximate surface area is 132 Å². The van der Waals surface area contributed by atoms with Crippen LogP contribution < -0.4 is 10.6 Å². The van der Waals surface area contributed by atoms with Gasteiger partial charge in [0, 0.05) is 29.7 Å². The molecule has 1 atom stereocenters. The summed E-state index contributed by atoms with van der Waals surface area (Å²) in [7, 11) is 0. The van der Waals surface area contributed by atoms with E-state index < -0.39 is 23.3 Å². The lowest BCUT2D eigenvalue weighted by molar-refractivity contribution is 0.0561. The lowest BCUT2D eigenvalue weighted by Gasteiger charge is -2.25. The SMILES string of the molecule is Cc1cnccc1NC(=O)NCC(C)(O)c1ccc(F)cc1F. The molecule has 5 nitrogen and oxygen atoms in total. The van der Waals surface area contributed by atoms with Gasteiger partial charge in [-0.2, -0.15) is 0 Å². The summed E-state index contributed by atoms with van der Waals surface area (Å²) >= 11 is 0. The quantitative estimate of drug-likeness (QED) is 0.810. The number of nitrogens with one attached hydrogen (secondary N) is 2. The number of hydrogen-bond acceptors (Lipinski definition) is 3. The van der Waals surface area contributed by atoms with Crippen LogP contribution in [0, 0.1) is 18.6 Å². The molecule has 0 spiro atoms. The number of anilines is 1. The number of aliphatic hydroxyl groups is 1. The Morgan fingerprint density at radius 2 is 2.09 bits per heavy atom. The van der Waals surface area contributed by atoms with Gasteiger partial charge in [-0.25, -0.2) is 13.6 Å². The summed E-state index contributed by atoms with van der Waals surface area (Å²) < 4.78 is 26.7. The van der Waals surface area contributed by atoms with Crippen LogP contribution in [0.4, 0.5) is 19.3 Å². The van der Waals surface area contributed by atoms with Crippen LogP contribution in [0.1, 0.15) is 18.1 Å². The van der Waals surface area contributed by atoms with Crippen molar-refractivity contribution >= 4 is 11.7 Å². The summed E-state index contributed by atoms with van der Waals surface area (Å²) in [4.78, 5) is 15.8. The highest BCUT2D eigenvalue weighted by molar-refractivity contribution is 5.89. The summed E-state index contributed by atoms with van der Waals surface area (Å²) in [5.74, 6) is -1.61. The minimum Gasteiger partial charge on any atom is -0.383 e. The number of hydrogen-bond donors (Lipinski definition) is 3. The number of aryl methyl sites for hydroxylation is 1. The molecule has 0 fully saturated rings. The highest BCUT2D eigenvalue weighted by Gasteiger charge is 2.27. The lowest BCUT2D eigenvalue weighted by Crippen LogP contribution is -2.41. The number of carbonyl (C=O) groups is 1. The Kier molecular flexibility index (Phi) is 4.90. The molecule has 1 heterocycles. The summed E-state index contributed by atoms with van der Waals surface area (Å²) in [5, 5.41) is 15.4. The van der Waals surface area contributed by atoms with E-state index in [1.165, 1.54) is 13.1 Å². The van der Waals surface area contributed by atoms with Crippen molar-refractivity contribution in [3.8, 4) is 0 Å². The molecule has 0 aliphatic carbocycles. The third-order valence-electron chi connectivity index (χ3n) is 3.37. The second-order valence-corrected chi connectivity index (χ2v) is 5.40. The monoisotopic (exact) mass is 321 g/mol. The largest absolute Gasteiger partial charge is 0.383 e. The molecule has 2 aromatic rings. The van der Waals surface area contributed by atoms with Gasteiger partial charge in [-0.05, 0) is 31.5 Å². The minimum absolute atomic E-state index is 0.0979. The average molecular weight is 321 g/mol.